The van der Waals surface area contributed by atoms with Crippen LogP contribution in [0.15, 0.2) is 75.1 Å². The number of halogens is 3. The monoisotopic (exact) mass is 430 g/mol. The third-order valence-corrected chi connectivity index (χ3v) is 4.90. The molecule has 4 aromatic rings. The number of H-pyrrole nitrogens is 1. The van der Waals surface area contributed by atoms with Gasteiger partial charge in [0.25, 0.3) is 5.56 Å². The molecule has 0 spiro atoms. The molecule has 1 N–H and O–H groups in total. The van der Waals surface area contributed by atoms with Crippen molar-refractivity contribution in [1.82, 2.24) is 20.1 Å². The van der Waals surface area contributed by atoms with Crippen molar-refractivity contribution in [1.29, 1.82) is 0 Å². The zero-order valence-electron chi connectivity index (χ0n) is 15.2. The molecule has 152 valence electrons. The van der Waals surface area contributed by atoms with Crippen LogP contribution >= 0.6 is 11.8 Å². The van der Waals surface area contributed by atoms with Crippen molar-refractivity contribution in [3.63, 3.8) is 0 Å². The van der Waals surface area contributed by atoms with Crippen LogP contribution in [0.2, 0.25) is 0 Å². The molecule has 4 rings (SSSR count). The SMILES string of the molecule is O=c1cc(-c2ccccc2)nc(SCc2nc(-c3cccc(C(F)(F)F)c3)no2)[nH]1. The summed E-state index contributed by atoms with van der Waals surface area (Å²) in [5.74, 6) is 0.434. The molecule has 0 aliphatic rings. The molecule has 6 nitrogen and oxygen atoms in total. The Morgan fingerprint density at radius 2 is 1.73 bits per heavy atom. The Balaban J connectivity index is 1.51. The minimum atomic E-state index is -4.46. The van der Waals surface area contributed by atoms with Crippen LogP contribution in [0.25, 0.3) is 22.6 Å². The lowest BCUT2D eigenvalue weighted by atomic mass is 10.1. The fraction of sp³-hybridized carbons (Fsp3) is 0.100. The standard InChI is InChI=1S/C20H13F3N4O2S/c21-20(22,23)14-8-4-7-13(9-14)18-26-17(29-27-18)11-30-19-24-15(10-16(28)25-19)12-5-2-1-3-6-12/h1-10H,11H2,(H,24,25,28). The number of aromatic amines is 1. The highest BCUT2D eigenvalue weighted by molar-refractivity contribution is 7.98. The number of hydrogen-bond acceptors (Lipinski definition) is 6. The van der Waals surface area contributed by atoms with E-state index in [1.54, 1.807) is 0 Å². The number of alkyl halides is 3. The second-order valence-corrected chi connectivity index (χ2v) is 7.14. The Labute approximate surface area is 172 Å². The molecule has 0 saturated heterocycles. The molecule has 0 unspecified atom stereocenters. The van der Waals surface area contributed by atoms with Gasteiger partial charge >= 0.3 is 6.18 Å². The topological polar surface area (TPSA) is 84.7 Å². The van der Waals surface area contributed by atoms with Gasteiger partial charge in [-0.15, -0.1) is 0 Å². The van der Waals surface area contributed by atoms with E-state index < -0.39 is 11.7 Å². The minimum Gasteiger partial charge on any atom is -0.338 e. The van der Waals surface area contributed by atoms with Gasteiger partial charge in [0.1, 0.15) is 0 Å². The molecule has 2 aromatic carbocycles. The first-order chi connectivity index (χ1) is 14.4. The molecular weight excluding hydrogens is 417 g/mol. The van der Waals surface area contributed by atoms with Crippen LogP contribution in [0.3, 0.4) is 0 Å². The fourth-order valence-electron chi connectivity index (χ4n) is 2.66. The lowest BCUT2D eigenvalue weighted by Crippen LogP contribution is -2.08. The van der Waals surface area contributed by atoms with Gasteiger partial charge in [-0.25, -0.2) is 4.98 Å². The Kier molecular flexibility index (Phi) is 5.40. The third kappa shape index (κ3) is 4.60. The third-order valence-electron chi connectivity index (χ3n) is 4.04. The number of benzene rings is 2. The van der Waals surface area contributed by atoms with E-state index >= 15 is 0 Å². The van der Waals surface area contributed by atoms with Gasteiger partial charge in [-0.2, -0.15) is 18.2 Å². The minimum absolute atomic E-state index is 0.0520. The summed E-state index contributed by atoms with van der Waals surface area (Å²) < 4.78 is 43.8. The van der Waals surface area contributed by atoms with Gasteiger partial charge in [-0.1, -0.05) is 59.4 Å². The number of nitrogens with one attached hydrogen (secondary N) is 1. The Morgan fingerprint density at radius 1 is 0.967 bits per heavy atom. The first kappa shape index (κ1) is 19.9. The highest BCUT2D eigenvalue weighted by atomic mass is 32.2. The highest BCUT2D eigenvalue weighted by Gasteiger charge is 2.30. The Morgan fingerprint density at radius 3 is 2.50 bits per heavy atom. The van der Waals surface area contributed by atoms with E-state index in [2.05, 4.69) is 20.1 Å². The molecule has 0 bridgehead atoms. The zero-order chi connectivity index (χ0) is 21.1. The summed E-state index contributed by atoms with van der Waals surface area (Å²) in [7, 11) is 0. The average Bonchev–Trinajstić information content (AvgIpc) is 3.21. The molecule has 0 saturated carbocycles. The molecule has 0 fully saturated rings. The Bertz CT molecular complexity index is 1220. The molecule has 2 aromatic heterocycles. The van der Waals surface area contributed by atoms with Crippen molar-refractivity contribution in [3.05, 3.63) is 82.5 Å². The van der Waals surface area contributed by atoms with Crippen LogP contribution in [-0.4, -0.2) is 20.1 Å². The van der Waals surface area contributed by atoms with Crippen LogP contribution in [0.5, 0.6) is 0 Å². The summed E-state index contributed by atoms with van der Waals surface area (Å²) in [4.78, 5) is 23.1. The first-order valence-corrected chi connectivity index (χ1v) is 9.67. The molecule has 30 heavy (non-hydrogen) atoms. The molecule has 10 heteroatoms. The van der Waals surface area contributed by atoms with Gasteiger partial charge in [0.15, 0.2) is 5.16 Å². The van der Waals surface area contributed by atoms with Crippen LogP contribution in [0.4, 0.5) is 13.2 Å². The van der Waals surface area contributed by atoms with Gasteiger partial charge in [-0.3, -0.25) is 4.79 Å². The summed E-state index contributed by atoms with van der Waals surface area (Å²) in [5, 5.41) is 4.11. The Hall–Kier alpha value is -3.40. The maximum Gasteiger partial charge on any atom is 0.416 e. The summed E-state index contributed by atoms with van der Waals surface area (Å²) in [6, 6.07) is 15.3. The largest absolute Gasteiger partial charge is 0.416 e. The fourth-order valence-corrected chi connectivity index (χ4v) is 3.37. The van der Waals surface area contributed by atoms with Gasteiger partial charge < -0.3 is 9.51 Å². The van der Waals surface area contributed by atoms with E-state index in [0.29, 0.717) is 10.9 Å². The normalized spacial score (nSPS) is 11.6. The van der Waals surface area contributed by atoms with Crippen molar-refractivity contribution < 1.29 is 17.7 Å². The lowest BCUT2D eigenvalue weighted by Gasteiger charge is -2.06. The van der Waals surface area contributed by atoms with Gasteiger partial charge in [-0.05, 0) is 12.1 Å². The smallest absolute Gasteiger partial charge is 0.338 e. The molecule has 2 heterocycles. The van der Waals surface area contributed by atoms with Gasteiger partial charge in [0, 0.05) is 17.2 Å². The number of thioether (sulfide) groups is 1. The van der Waals surface area contributed by atoms with E-state index in [1.807, 2.05) is 30.3 Å². The van der Waals surface area contributed by atoms with Crippen molar-refractivity contribution in [2.75, 3.05) is 0 Å². The number of nitrogens with zero attached hydrogens (tertiary/aromatic N) is 3. The summed E-state index contributed by atoms with van der Waals surface area (Å²) in [6.07, 6.45) is -4.46. The predicted molar refractivity (Wildman–Crippen MR) is 105 cm³/mol. The van der Waals surface area contributed by atoms with Crippen LogP contribution in [-0.2, 0) is 11.9 Å². The number of rotatable bonds is 5. The second kappa shape index (κ2) is 8.15. The first-order valence-electron chi connectivity index (χ1n) is 8.68. The molecule has 0 radical (unpaired) electrons. The van der Waals surface area contributed by atoms with E-state index in [-0.39, 0.29) is 28.6 Å². The molecule has 0 aliphatic carbocycles. The van der Waals surface area contributed by atoms with Crippen LogP contribution in [0.1, 0.15) is 11.5 Å². The number of aromatic nitrogens is 4. The van der Waals surface area contributed by atoms with E-state index in [1.165, 1.54) is 30.0 Å². The second-order valence-electron chi connectivity index (χ2n) is 6.18. The van der Waals surface area contributed by atoms with Crippen molar-refractivity contribution >= 4 is 11.8 Å². The highest BCUT2D eigenvalue weighted by Crippen LogP contribution is 2.31. The van der Waals surface area contributed by atoms with E-state index in [0.717, 1.165) is 17.7 Å². The quantitative estimate of drug-likeness (QED) is 0.362. The van der Waals surface area contributed by atoms with Crippen molar-refractivity contribution in [2.45, 2.75) is 17.1 Å². The van der Waals surface area contributed by atoms with Gasteiger partial charge in [0.2, 0.25) is 11.7 Å². The van der Waals surface area contributed by atoms with E-state index in [9.17, 15) is 18.0 Å². The molecule has 0 atom stereocenters. The van der Waals surface area contributed by atoms with Gasteiger partial charge in [0.05, 0.1) is 17.0 Å². The predicted octanol–water partition coefficient (Wildman–Crippen LogP) is 4.80. The average molecular weight is 430 g/mol. The number of hydrogen-bond donors (Lipinski definition) is 1. The summed E-state index contributed by atoms with van der Waals surface area (Å²) in [5.41, 5.74) is 0.427. The summed E-state index contributed by atoms with van der Waals surface area (Å²) >= 11 is 1.17. The molecule has 0 amide bonds. The lowest BCUT2D eigenvalue weighted by molar-refractivity contribution is -0.137. The van der Waals surface area contributed by atoms with Crippen LogP contribution in [0, 0.1) is 0 Å². The van der Waals surface area contributed by atoms with E-state index in [4.69, 9.17) is 4.52 Å². The molecule has 0 aliphatic heterocycles. The van der Waals surface area contributed by atoms with Crippen molar-refractivity contribution in [3.8, 4) is 22.6 Å². The molecular formula is C20H13F3N4O2S. The van der Waals surface area contributed by atoms with Crippen LogP contribution < -0.4 is 5.56 Å². The zero-order valence-corrected chi connectivity index (χ0v) is 16.0. The maximum atomic E-state index is 12.9. The maximum absolute atomic E-state index is 12.9. The summed E-state index contributed by atoms with van der Waals surface area (Å²) in [6.45, 7) is 0. The van der Waals surface area contributed by atoms with Crippen molar-refractivity contribution in [2.24, 2.45) is 0 Å².